The van der Waals surface area contributed by atoms with E-state index in [2.05, 4.69) is 21.9 Å². The number of carbonyl (C=O) groups is 2. The molecular weight excluding hydrogens is 301 g/mol. The Labute approximate surface area is 125 Å². The molecule has 8 heteroatoms. The van der Waals surface area contributed by atoms with E-state index in [-0.39, 0.29) is 25.3 Å². The van der Waals surface area contributed by atoms with Gasteiger partial charge in [-0.2, -0.15) is 13.2 Å². The van der Waals surface area contributed by atoms with Gasteiger partial charge in [-0.1, -0.05) is 12.7 Å². The fraction of sp³-hybridized carbons (Fsp3) is 0.286. The summed E-state index contributed by atoms with van der Waals surface area (Å²) in [5.74, 6) is -0.532. The number of ether oxygens (including phenoxy) is 1. The monoisotopic (exact) mass is 316 g/mol. The normalized spacial score (nSPS) is 10.7. The number of alkyl halides is 3. The summed E-state index contributed by atoms with van der Waals surface area (Å²) in [5.41, 5.74) is -0.724. The van der Waals surface area contributed by atoms with Gasteiger partial charge in [0.2, 0.25) is 0 Å². The summed E-state index contributed by atoms with van der Waals surface area (Å²) < 4.78 is 41.8. The lowest BCUT2D eigenvalue weighted by atomic mass is 10.1. The van der Waals surface area contributed by atoms with Gasteiger partial charge in [0.05, 0.1) is 5.56 Å². The van der Waals surface area contributed by atoms with Crippen LogP contribution in [0.4, 0.5) is 18.0 Å². The van der Waals surface area contributed by atoms with Crippen LogP contribution in [0.25, 0.3) is 0 Å². The molecule has 0 atom stereocenters. The van der Waals surface area contributed by atoms with Gasteiger partial charge in [0.15, 0.2) is 0 Å². The van der Waals surface area contributed by atoms with Crippen molar-refractivity contribution >= 4 is 12.0 Å². The van der Waals surface area contributed by atoms with Crippen molar-refractivity contribution in [1.82, 2.24) is 10.6 Å². The van der Waals surface area contributed by atoms with E-state index in [1.807, 2.05) is 0 Å². The van der Waals surface area contributed by atoms with Crippen molar-refractivity contribution in [3.8, 4) is 0 Å². The fourth-order valence-corrected chi connectivity index (χ4v) is 1.44. The second-order valence-corrected chi connectivity index (χ2v) is 4.14. The van der Waals surface area contributed by atoms with Crippen LogP contribution in [0.3, 0.4) is 0 Å². The third-order valence-corrected chi connectivity index (χ3v) is 2.49. The van der Waals surface area contributed by atoms with Crippen molar-refractivity contribution in [2.24, 2.45) is 0 Å². The third kappa shape index (κ3) is 5.86. The molecular formula is C14H15F3N2O3. The zero-order chi connectivity index (χ0) is 16.6. The summed E-state index contributed by atoms with van der Waals surface area (Å²) in [4.78, 5) is 22.7. The van der Waals surface area contributed by atoms with Crippen molar-refractivity contribution in [1.29, 1.82) is 0 Å². The lowest BCUT2D eigenvalue weighted by molar-refractivity contribution is -0.137. The molecule has 0 aliphatic heterocycles. The van der Waals surface area contributed by atoms with E-state index >= 15 is 0 Å². The summed E-state index contributed by atoms with van der Waals surface area (Å²) in [6.07, 6.45) is -3.68. The number of nitrogens with one attached hydrogen (secondary N) is 2. The van der Waals surface area contributed by atoms with Crippen LogP contribution in [0.15, 0.2) is 36.9 Å². The molecule has 1 aromatic rings. The van der Waals surface area contributed by atoms with Crippen molar-refractivity contribution in [3.05, 3.63) is 48.0 Å². The molecule has 0 radical (unpaired) electrons. The Morgan fingerprint density at radius 1 is 1.14 bits per heavy atom. The van der Waals surface area contributed by atoms with E-state index in [1.165, 1.54) is 6.08 Å². The zero-order valence-corrected chi connectivity index (χ0v) is 11.6. The number of carbonyl (C=O) groups excluding carboxylic acids is 2. The molecule has 5 nitrogen and oxygen atoms in total. The second kappa shape index (κ2) is 8.06. The van der Waals surface area contributed by atoms with Crippen LogP contribution in [0.2, 0.25) is 0 Å². The fourth-order valence-electron chi connectivity index (χ4n) is 1.44. The van der Waals surface area contributed by atoms with Crippen LogP contribution < -0.4 is 10.6 Å². The first kappa shape index (κ1) is 17.5. The minimum atomic E-state index is -4.44. The molecule has 0 heterocycles. The van der Waals surface area contributed by atoms with Crippen molar-refractivity contribution in [3.63, 3.8) is 0 Å². The zero-order valence-electron chi connectivity index (χ0n) is 11.6. The summed E-state index contributed by atoms with van der Waals surface area (Å²) in [7, 11) is 0. The summed E-state index contributed by atoms with van der Waals surface area (Å²) in [5, 5.41) is 4.84. The SMILES string of the molecule is C=CCOC(=O)NCCNC(=O)c1ccc(C(F)(F)F)cc1. The quantitative estimate of drug-likeness (QED) is 0.625. The first-order valence-electron chi connectivity index (χ1n) is 6.31. The first-order valence-corrected chi connectivity index (χ1v) is 6.31. The minimum absolute atomic E-state index is 0.0732. The predicted octanol–water partition coefficient (Wildman–Crippen LogP) is 2.35. The highest BCUT2D eigenvalue weighted by Gasteiger charge is 2.30. The molecule has 0 aromatic heterocycles. The highest BCUT2D eigenvalue weighted by atomic mass is 19.4. The van der Waals surface area contributed by atoms with Gasteiger partial charge in [-0.3, -0.25) is 4.79 Å². The number of hydrogen-bond donors (Lipinski definition) is 2. The van der Waals surface area contributed by atoms with Crippen LogP contribution in [0.5, 0.6) is 0 Å². The van der Waals surface area contributed by atoms with Gasteiger partial charge in [0.1, 0.15) is 6.61 Å². The van der Waals surface area contributed by atoms with E-state index in [1.54, 1.807) is 0 Å². The Kier molecular flexibility index (Phi) is 6.43. The molecule has 1 aromatic carbocycles. The van der Waals surface area contributed by atoms with Gasteiger partial charge < -0.3 is 15.4 Å². The molecule has 0 bridgehead atoms. The lowest BCUT2D eigenvalue weighted by Crippen LogP contribution is -2.35. The number of rotatable bonds is 6. The molecule has 0 saturated carbocycles. The number of hydrogen-bond acceptors (Lipinski definition) is 3. The maximum atomic E-state index is 12.4. The molecule has 2 N–H and O–H groups in total. The Morgan fingerprint density at radius 2 is 1.73 bits per heavy atom. The van der Waals surface area contributed by atoms with Crippen LogP contribution in [-0.2, 0) is 10.9 Å². The Hall–Kier alpha value is -2.51. The molecule has 0 fully saturated rings. The highest BCUT2D eigenvalue weighted by Crippen LogP contribution is 2.28. The molecule has 0 saturated heterocycles. The van der Waals surface area contributed by atoms with Crippen molar-refractivity contribution in [2.45, 2.75) is 6.18 Å². The van der Waals surface area contributed by atoms with Crippen LogP contribution >= 0.6 is 0 Å². The van der Waals surface area contributed by atoms with Gasteiger partial charge in [0, 0.05) is 18.7 Å². The first-order chi connectivity index (χ1) is 10.3. The van der Waals surface area contributed by atoms with Crippen LogP contribution in [0.1, 0.15) is 15.9 Å². The minimum Gasteiger partial charge on any atom is -0.445 e. The average Bonchev–Trinajstić information content (AvgIpc) is 2.48. The Morgan fingerprint density at radius 3 is 2.27 bits per heavy atom. The molecule has 0 aliphatic rings. The average molecular weight is 316 g/mol. The van der Waals surface area contributed by atoms with E-state index in [4.69, 9.17) is 0 Å². The van der Waals surface area contributed by atoms with Crippen LogP contribution in [-0.4, -0.2) is 31.7 Å². The summed E-state index contributed by atoms with van der Waals surface area (Å²) in [6, 6.07) is 3.84. The lowest BCUT2D eigenvalue weighted by Gasteiger charge is -2.09. The van der Waals surface area contributed by atoms with E-state index in [9.17, 15) is 22.8 Å². The second-order valence-electron chi connectivity index (χ2n) is 4.14. The largest absolute Gasteiger partial charge is 0.445 e. The van der Waals surface area contributed by atoms with Gasteiger partial charge in [-0.25, -0.2) is 4.79 Å². The molecule has 120 valence electrons. The summed E-state index contributed by atoms with van der Waals surface area (Å²) >= 11 is 0. The molecule has 2 amide bonds. The molecule has 0 aliphatic carbocycles. The molecule has 22 heavy (non-hydrogen) atoms. The van der Waals surface area contributed by atoms with Gasteiger partial charge >= 0.3 is 12.3 Å². The number of amides is 2. The molecule has 0 unspecified atom stereocenters. The van der Waals surface area contributed by atoms with Gasteiger partial charge in [-0.15, -0.1) is 0 Å². The van der Waals surface area contributed by atoms with Gasteiger partial charge in [-0.05, 0) is 24.3 Å². The van der Waals surface area contributed by atoms with Crippen molar-refractivity contribution in [2.75, 3.05) is 19.7 Å². The number of alkyl carbamates (subject to hydrolysis) is 1. The maximum Gasteiger partial charge on any atom is 0.416 e. The summed E-state index contributed by atoms with van der Waals surface area (Å²) in [6.45, 7) is 3.69. The topological polar surface area (TPSA) is 67.4 Å². The smallest absolute Gasteiger partial charge is 0.416 e. The third-order valence-electron chi connectivity index (χ3n) is 2.49. The van der Waals surface area contributed by atoms with E-state index in [0.29, 0.717) is 0 Å². The maximum absolute atomic E-state index is 12.4. The Balaban J connectivity index is 2.37. The molecule has 0 spiro atoms. The van der Waals surface area contributed by atoms with Gasteiger partial charge in [0.25, 0.3) is 5.91 Å². The van der Waals surface area contributed by atoms with E-state index in [0.717, 1.165) is 24.3 Å². The van der Waals surface area contributed by atoms with E-state index < -0.39 is 23.7 Å². The standard InChI is InChI=1S/C14H15F3N2O3/c1-2-9-22-13(21)19-8-7-18-12(20)10-3-5-11(6-4-10)14(15,16)17/h2-6H,1,7-9H2,(H,18,20)(H,19,21). The highest BCUT2D eigenvalue weighted by molar-refractivity contribution is 5.94. The Bertz CT molecular complexity index is 527. The predicted molar refractivity (Wildman–Crippen MR) is 73.3 cm³/mol. The molecule has 1 rings (SSSR count). The van der Waals surface area contributed by atoms with Crippen molar-refractivity contribution < 1.29 is 27.5 Å². The van der Waals surface area contributed by atoms with Crippen LogP contribution in [0, 0.1) is 0 Å². The number of halogens is 3. The number of benzene rings is 1.